The summed E-state index contributed by atoms with van der Waals surface area (Å²) in [6, 6.07) is 0. The lowest BCUT2D eigenvalue weighted by atomic mass is 10.2. The Morgan fingerprint density at radius 1 is 1.06 bits per heavy atom. The van der Waals surface area contributed by atoms with Crippen LogP contribution in [0.4, 0.5) is 0 Å². The Morgan fingerprint density at radius 3 is 1.71 bits per heavy atom. The van der Waals surface area contributed by atoms with E-state index in [-0.39, 0.29) is 16.9 Å². The summed E-state index contributed by atoms with van der Waals surface area (Å²) in [7, 11) is 0. The Balaban J connectivity index is 0. The second-order valence-corrected chi connectivity index (χ2v) is 3.39. The number of aliphatic hydroxyl groups is 1. The van der Waals surface area contributed by atoms with Crippen molar-refractivity contribution in [3.8, 4) is 0 Å². The predicted molar refractivity (Wildman–Crippen MR) is 64.9 cm³/mol. The summed E-state index contributed by atoms with van der Waals surface area (Å²) >= 11 is 0. The van der Waals surface area contributed by atoms with E-state index in [0.717, 1.165) is 6.42 Å². The van der Waals surface area contributed by atoms with E-state index in [1.54, 1.807) is 6.92 Å². The van der Waals surface area contributed by atoms with Crippen molar-refractivity contribution in [3.05, 3.63) is 23.5 Å². The molecule has 5 nitrogen and oxygen atoms in total. The monoisotopic (exact) mass is 244 g/mol. The van der Waals surface area contributed by atoms with Gasteiger partial charge in [-0.15, -0.1) is 0 Å². The topological polar surface area (TPSA) is 94.8 Å². The molecule has 0 atom stereocenters. The third-order valence-electron chi connectivity index (χ3n) is 1.97. The van der Waals surface area contributed by atoms with Gasteiger partial charge in [0.2, 0.25) is 0 Å². The first-order chi connectivity index (χ1) is 7.77. The van der Waals surface area contributed by atoms with Gasteiger partial charge in [-0.3, -0.25) is 0 Å². The summed E-state index contributed by atoms with van der Waals surface area (Å²) in [5.41, 5.74) is 0.307. The SMILES string of the molecule is C=C(CC)C(=O)O.CCC/C(O)=C(/C)C(=O)O. The van der Waals surface area contributed by atoms with Crippen LogP contribution in [-0.4, -0.2) is 27.3 Å². The van der Waals surface area contributed by atoms with Crippen LogP contribution in [0.1, 0.15) is 40.0 Å². The van der Waals surface area contributed by atoms with Crippen molar-refractivity contribution in [2.75, 3.05) is 0 Å². The molecule has 3 N–H and O–H groups in total. The molecule has 0 aliphatic carbocycles. The Bertz CT molecular complexity index is 315. The van der Waals surface area contributed by atoms with Gasteiger partial charge in [0.15, 0.2) is 0 Å². The van der Waals surface area contributed by atoms with Gasteiger partial charge in [0.25, 0.3) is 0 Å². The van der Waals surface area contributed by atoms with Crippen LogP contribution < -0.4 is 0 Å². The predicted octanol–water partition coefficient (Wildman–Crippen LogP) is 2.74. The highest BCUT2D eigenvalue weighted by Gasteiger charge is 2.05. The first-order valence-corrected chi connectivity index (χ1v) is 5.30. The van der Waals surface area contributed by atoms with Gasteiger partial charge in [0.05, 0.1) is 5.57 Å². The first-order valence-electron chi connectivity index (χ1n) is 5.30. The number of aliphatic hydroxyl groups excluding tert-OH is 1. The molecule has 0 aliphatic rings. The van der Waals surface area contributed by atoms with E-state index < -0.39 is 11.9 Å². The molecule has 0 aromatic carbocycles. The standard InChI is InChI=1S/C7H12O3.C5H8O2/c1-3-4-6(8)5(2)7(9)10;1-3-4(2)5(6)7/h8H,3-4H2,1-2H3,(H,9,10);2-3H2,1H3,(H,6,7)/b6-5+;. The van der Waals surface area contributed by atoms with Crippen LogP contribution in [-0.2, 0) is 9.59 Å². The highest BCUT2D eigenvalue weighted by Crippen LogP contribution is 2.06. The van der Waals surface area contributed by atoms with Crippen molar-refractivity contribution in [1.82, 2.24) is 0 Å². The van der Waals surface area contributed by atoms with Crippen LogP contribution >= 0.6 is 0 Å². The van der Waals surface area contributed by atoms with Gasteiger partial charge in [0.1, 0.15) is 5.76 Å². The average molecular weight is 244 g/mol. The minimum atomic E-state index is -1.05. The van der Waals surface area contributed by atoms with E-state index in [1.807, 2.05) is 6.92 Å². The lowest BCUT2D eigenvalue weighted by Gasteiger charge is -1.98. The van der Waals surface area contributed by atoms with E-state index in [0.29, 0.717) is 12.8 Å². The largest absolute Gasteiger partial charge is 0.512 e. The molecule has 0 aromatic heterocycles. The van der Waals surface area contributed by atoms with Gasteiger partial charge >= 0.3 is 11.9 Å². The number of hydrogen-bond acceptors (Lipinski definition) is 3. The van der Waals surface area contributed by atoms with Crippen molar-refractivity contribution in [2.45, 2.75) is 40.0 Å². The Kier molecular flexibility index (Phi) is 9.79. The van der Waals surface area contributed by atoms with Crippen LogP contribution in [0.5, 0.6) is 0 Å². The number of carboxylic acid groups (broad SMARTS) is 2. The highest BCUT2D eigenvalue weighted by atomic mass is 16.4. The van der Waals surface area contributed by atoms with E-state index in [9.17, 15) is 9.59 Å². The fourth-order valence-corrected chi connectivity index (χ4v) is 0.699. The van der Waals surface area contributed by atoms with E-state index in [4.69, 9.17) is 15.3 Å². The number of carboxylic acids is 2. The van der Waals surface area contributed by atoms with Gasteiger partial charge in [-0.1, -0.05) is 20.4 Å². The minimum absolute atomic E-state index is 0.0185. The van der Waals surface area contributed by atoms with Gasteiger partial charge in [-0.25, -0.2) is 9.59 Å². The van der Waals surface area contributed by atoms with Crippen LogP contribution in [0.2, 0.25) is 0 Å². The molecule has 5 heteroatoms. The second-order valence-electron chi connectivity index (χ2n) is 3.39. The molecule has 0 unspecified atom stereocenters. The molecule has 0 bridgehead atoms. The molecule has 0 amide bonds. The van der Waals surface area contributed by atoms with Crippen LogP contribution in [0.3, 0.4) is 0 Å². The highest BCUT2D eigenvalue weighted by molar-refractivity contribution is 5.86. The Hall–Kier alpha value is -1.78. The average Bonchev–Trinajstić information content (AvgIpc) is 2.27. The van der Waals surface area contributed by atoms with Gasteiger partial charge in [-0.2, -0.15) is 0 Å². The number of hydrogen-bond donors (Lipinski definition) is 3. The lowest BCUT2D eigenvalue weighted by Crippen LogP contribution is -2.00. The third kappa shape index (κ3) is 9.17. The Morgan fingerprint density at radius 2 is 1.53 bits per heavy atom. The fourth-order valence-electron chi connectivity index (χ4n) is 0.699. The first kappa shape index (κ1) is 17.6. The third-order valence-corrected chi connectivity index (χ3v) is 1.97. The van der Waals surface area contributed by atoms with Crippen molar-refractivity contribution < 1.29 is 24.9 Å². The van der Waals surface area contributed by atoms with E-state index >= 15 is 0 Å². The summed E-state index contributed by atoms with van der Waals surface area (Å²) in [6.45, 7) is 8.31. The summed E-state index contributed by atoms with van der Waals surface area (Å²) < 4.78 is 0. The van der Waals surface area contributed by atoms with Crippen LogP contribution in [0.25, 0.3) is 0 Å². The molecule has 0 saturated carbocycles. The quantitative estimate of drug-likeness (QED) is 0.510. The molecule has 0 radical (unpaired) electrons. The Labute approximate surface area is 101 Å². The number of carbonyl (C=O) groups is 2. The smallest absolute Gasteiger partial charge is 0.334 e. The zero-order valence-corrected chi connectivity index (χ0v) is 10.5. The van der Waals surface area contributed by atoms with Crippen molar-refractivity contribution in [1.29, 1.82) is 0 Å². The number of rotatable bonds is 5. The molecule has 0 aliphatic heterocycles. The van der Waals surface area contributed by atoms with Gasteiger partial charge in [0, 0.05) is 12.0 Å². The lowest BCUT2D eigenvalue weighted by molar-refractivity contribution is -0.133. The number of aliphatic carboxylic acids is 2. The van der Waals surface area contributed by atoms with Gasteiger partial charge in [-0.05, 0) is 19.8 Å². The molecule has 0 heterocycles. The molecule has 0 fully saturated rings. The van der Waals surface area contributed by atoms with Crippen molar-refractivity contribution in [3.63, 3.8) is 0 Å². The molecule has 0 aromatic rings. The van der Waals surface area contributed by atoms with Crippen LogP contribution in [0, 0.1) is 0 Å². The molecule has 0 rings (SSSR count). The zero-order valence-electron chi connectivity index (χ0n) is 10.5. The maximum Gasteiger partial charge on any atom is 0.334 e. The van der Waals surface area contributed by atoms with E-state index in [1.165, 1.54) is 6.92 Å². The maximum absolute atomic E-state index is 10.2. The van der Waals surface area contributed by atoms with Gasteiger partial charge < -0.3 is 15.3 Å². The second kappa shape index (κ2) is 9.45. The van der Waals surface area contributed by atoms with Crippen molar-refractivity contribution in [2.24, 2.45) is 0 Å². The summed E-state index contributed by atoms with van der Waals surface area (Å²) in [6.07, 6.45) is 1.73. The van der Waals surface area contributed by atoms with Crippen LogP contribution in [0.15, 0.2) is 23.5 Å². The molecular weight excluding hydrogens is 224 g/mol. The normalized spacial score (nSPS) is 10.8. The molecule has 98 valence electrons. The zero-order chi connectivity index (χ0) is 14.0. The molecular formula is C12H20O5. The van der Waals surface area contributed by atoms with Crippen molar-refractivity contribution >= 4 is 11.9 Å². The summed E-state index contributed by atoms with van der Waals surface area (Å²) in [4.78, 5) is 20.0. The maximum atomic E-state index is 10.2. The minimum Gasteiger partial charge on any atom is -0.512 e. The fraction of sp³-hybridized carbons (Fsp3) is 0.500. The summed E-state index contributed by atoms with van der Waals surface area (Å²) in [5, 5.41) is 25.4. The number of allylic oxidation sites excluding steroid dienone is 1. The summed E-state index contributed by atoms with van der Waals surface area (Å²) in [5.74, 6) is -1.97. The molecule has 17 heavy (non-hydrogen) atoms. The van der Waals surface area contributed by atoms with E-state index in [2.05, 4.69) is 6.58 Å². The molecule has 0 saturated heterocycles. The molecule has 0 spiro atoms.